The van der Waals surface area contributed by atoms with Crippen LogP contribution in [0.3, 0.4) is 0 Å². The average molecular weight is 557 g/mol. The molecule has 6 nitrogen and oxygen atoms in total. The normalized spacial score (nSPS) is 15.5. The molecule has 0 aliphatic heterocycles. The maximum atomic E-state index is 4.49. The smallest absolute Gasteiger partial charge is 0.191 e. The van der Waals surface area contributed by atoms with Crippen molar-refractivity contribution in [3.8, 4) is 0 Å². The van der Waals surface area contributed by atoms with Gasteiger partial charge in [0, 0.05) is 32.6 Å². The molecule has 1 fully saturated rings. The molecule has 1 heterocycles. The molecule has 0 amide bonds. The summed E-state index contributed by atoms with van der Waals surface area (Å²) >= 11 is 1.70. The summed E-state index contributed by atoms with van der Waals surface area (Å²) < 4.78 is 2.40. The summed E-state index contributed by atoms with van der Waals surface area (Å²) in [6.45, 7) is 6.11. The fourth-order valence-electron chi connectivity index (χ4n) is 4.16. The van der Waals surface area contributed by atoms with Gasteiger partial charge in [-0.1, -0.05) is 61.4 Å². The minimum Gasteiger partial charge on any atom is -0.356 e. The standard InChI is InChI=1S/C23H36N6S.HI/c1-17-9-7-10-19(15-17)18(2)16-26-22(24-3)25-14-8-13-21-27-28-23(30-4)29(21)20-11-5-6-12-20;/h7,9-10,15,18,20H,5-6,8,11-14,16H2,1-4H3,(H2,24,25,26);1H. The van der Waals surface area contributed by atoms with Gasteiger partial charge in [-0.15, -0.1) is 34.2 Å². The highest BCUT2D eigenvalue weighted by Gasteiger charge is 2.23. The Bertz CT molecular complexity index is 831. The summed E-state index contributed by atoms with van der Waals surface area (Å²) in [6, 6.07) is 9.30. The molecule has 172 valence electrons. The number of thioether (sulfide) groups is 1. The molecular formula is C23H37IN6S. The first-order valence-electron chi connectivity index (χ1n) is 11.1. The Morgan fingerprint density at radius 2 is 2.03 bits per heavy atom. The molecule has 1 unspecified atom stereocenters. The topological polar surface area (TPSA) is 67.1 Å². The first-order chi connectivity index (χ1) is 14.6. The highest BCUT2D eigenvalue weighted by atomic mass is 127. The minimum absolute atomic E-state index is 0. The van der Waals surface area contributed by atoms with Gasteiger partial charge in [0.15, 0.2) is 11.1 Å². The summed E-state index contributed by atoms with van der Waals surface area (Å²) in [5.41, 5.74) is 2.66. The Hall–Kier alpha value is -1.29. The van der Waals surface area contributed by atoms with Gasteiger partial charge in [-0.05, 0) is 43.9 Å². The fourth-order valence-corrected chi connectivity index (χ4v) is 4.74. The zero-order chi connectivity index (χ0) is 21.3. The van der Waals surface area contributed by atoms with Gasteiger partial charge in [0.05, 0.1) is 0 Å². The number of hydrogen-bond acceptors (Lipinski definition) is 4. The molecule has 1 aliphatic carbocycles. The van der Waals surface area contributed by atoms with Crippen molar-refractivity contribution in [2.24, 2.45) is 4.99 Å². The van der Waals surface area contributed by atoms with E-state index in [0.717, 1.165) is 42.9 Å². The number of nitrogens with one attached hydrogen (secondary N) is 2. The number of rotatable bonds is 9. The highest BCUT2D eigenvalue weighted by Crippen LogP contribution is 2.33. The molecule has 1 atom stereocenters. The molecule has 1 saturated carbocycles. The fraction of sp³-hybridized carbons (Fsp3) is 0.609. The van der Waals surface area contributed by atoms with Gasteiger partial charge in [0.1, 0.15) is 5.82 Å². The maximum Gasteiger partial charge on any atom is 0.191 e. The number of aliphatic imine (C=N–C) groups is 1. The van der Waals surface area contributed by atoms with Crippen LogP contribution in [0.1, 0.15) is 67.9 Å². The van der Waals surface area contributed by atoms with Gasteiger partial charge >= 0.3 is 0 Å². The first-order valence-corrected chi connectivity index (χ1v) is 12.3. The monoisotopic (exact) mass is 556 g/mol. The molecule has 0 radical (unpaired) electrons. The molecule has 2 aromatic rings. The van der Waals surface area contributed by atoms with Crippen LogP contribution in [0.4, 0.5) is 0 Å². The van der Waals surface area contributed by atoms with Crippen LogP contribution in [0, 0.1) is 6.92 Å². The number of aryl methyl sites for hydroxylation is 2. The second-order valence-corrected chi connectivity index (χ2v) is 8.98. The summed E-state index contributed by atoms with van der Waals surface area (Å²) in [5.74, 6) is 2.42. The van der Waals surface area contributed by atoms with Gasteiger partial charge in [-0.25, -0.2) is 0 Å². The third kappa shape index (κ3) is 7.37. The highest BCUT2D eigenvalue weighted by molar-refractivity contribution is 14.0. The van der Waals surface area contributed by atoms with E-state index in [9.17, 15) is 0 Å². The molecule has 0 bridgehead atoms. The molecule has 1 aromatic carbocycles. The van der Waals surface area contributed by atoms with Crippen molar-refractivity contribution in [2.45, 2.75) is 69.5 Å². The van der Waals surface area contributed by atoms with Crippen LogP contribution in [0.5, 0.6) is 0 Å². The number of guanidine groups is 1. The molecule has 2 N–H and O–H groups in total. The lowest BCUT2D eigenvalue weighted by Crippen LogP contribution is -2.39. The number of halogens is 1. The van der Waals surface area contributed by atoms with Crippen LogP contribution >= 0.6 is 35.7 Å². The van der Waals surface area contributed by atoms with Gasteiger partial charge in [-0.3, -0.25) is 4.99 Å². The van der Waals surface area contributed by atoms with Crippen molar-refractivity contribution in [2.75, 3.05) is 26.4 Å². The van der Waals surface area contributed by atoms with E-state index in [1.807, 2.05) is 7.05 Å². The van der Waals surface area contributed by atoms with E-state index >= 15 is 0 Å². The zero-order valence-corrected chi connectivity index (χ0v) is 22.4. The summed E-state index contributed by atoms with van der Waals surface area (Å²) in [7, 11) is 1.83. The lowest BCUT2D eigenvalue weighted by atomic mass is 9.99. The van der Waals surface area contributed by atoms with E-state index in [-0.39, 0.29) is 24.0 Å². The Morgan fingerprint density at radius 3 is 2.71 bits per heavy atom. The van der Waals surface area contributed by atoms with Crippen molar-refractivity contribution < 1.29 is 0 Å². The quantitative estimate of drug-likeness (QED) is 0.151. The number of nitrogens with zero attached hydrogens (tertiary/aromatic N) is 4. The zero-order valence-electron chi connectivity index (χ0n) is 19.2. The van der Waals surface area contributed by atoms with Crippen LogP contribution in [0.25, 0.3) is 0 Å². The minimum atomic E-state index is 0. The Morgan fingerprint density at radius 1 is 1.26 bits per heavy atom. The van der Waals surface area contributed by atoms with Crippen molar-refractivity contribution in [1.29, 1.82) is 0 Å². The molecule has 0 spiro atoms. The Kier molecular flexibility index (Phi) is 11.1. The van der Waals surface area contributed by atoms with E-state index in [4.69, 9.17) is 0 Å². The van der Waals surface area contributed by atoms with Crippen molar-refractivity contribution in [3.05, 3.63) is 41.2 Å². The second-order valence-electron chi connectivity index (χ2n) is 8.21. The van der Waals surface area contributed by atoms with Crippen LogP contribution in [-0.2, 0) is 6.42 Å². The molecule has 8 heteroatoms. The van der Waals surface area contributed by atoms with Crippen LogP contribution < -0.4 is 10.6 Å². The third-order valence-corrected chi connectivity index (χ3v) is 6.53. The van der Waals surface area contributed by atoms with Crippen molar-refractivity contribution in [1.82, 2.24) is 25.4 Å². The van der Waals surface area contributed by atoms with Crippen molar-refractivity contribution in [3.63, 3.8) is 0 Å². The lowest BCUT2D eigenvalue weighted by molar-refractivity contribution is 0.460. The third-order valence-electron chi connectivity index (χ3n) is 5.89. The van der Waals surface area contributed by atoms with E-state index < -0.39 is 0 Å². The van der Waals surface area contributed by atoms with E-state index in [2.05, 4.69) is 74.8 Å². The van der Waals surface area contributed by atoms with E-state index in [0.29, 0.717) is 12.0 Å². The predicted molar refractivity (Wildman–Crippen MR) is 142 cm³/mol. The van der Waals surface area contributed by atoms with Crippen LogP contribution in [0.15, 0.2) is 34.4 Å². The number of benzene rings is 1. The van der Waals surface area contributed by atoms with Gasteiger partial charge in [-0.2, -0.15) is 0 Å². The summed E-state index contributed by atoms with van der Waals surface area (Å²) in [4.78, 5) is 4.37. The van der Waals surface area contributed by atoms with E-state index in [1.54, 1.807) is 11.8 Å². The van der Waals surface area contributed by atoms with Gasteiger partial charge in [0.2, 0.25) is 0 Å². The Labute approximate surface area is 208 Å². The molecular weight excluding hydrogens is 519 g/mol. The predicted octanol–water partition coefficient (Wildman–Crippen LogP) is 4.94. The summed E-state index contributed by atoms with van der Waals surface area (Å²) in [6.07, 6.45) is 9.19. The SMILES string of the molecule is CN=C(NCCCc1nnc(SC)n1C1CCCC1)NCC(C)c1cccc(C)c1.I. The van der Waals surface area contributed by atoms with Crippen LogP contribution in [-0.4, -0.2) is 47.1 Å². The second kappa shape index (κ2) is 13.3. The number of hydrogen-bond donors (Lipinski definition) is 2. The van der Waals surface area contributed by atoms with Crippen molar-refractivity contribution >= 4 is 41.7 Å². The lowest BCUT2D eigenvalue weighted by Gasteiger charge is -2.17. The van der Waals surface area contributed by atoms with Crippen LogP contribution in [0.2, 0.25) is 0 Å². The number of aromatic nitrogens is 3. The molecule has 0 saturated heterocycles. The molecule has 31 heavy (non-hydrogen) atoms. The Balaban J connectivity index is 0.00000341. The molecule has 1 aliphatic rings. The molecule has 1 aromatic heterocycles. The molecule has 3 rings (SSSR count). The van der Waals surface area contributed by atoms with Gasteiger partial charge < -0.3 is 15.2 Å². The largest absolute Gasteiger partial charge is 0.356 e. The summed E-state index contributed by atoms with van der Waals surface area (Å²) in [5, 5.41) is 16.9. The first kappa shape index (κ1) is 26.0. The van der Waals surface area contributed by atoms with E-state index in [1.165, 1.54) is 36.8 Å². The maximum absolute atomic E-state index is 4.49. The van der Waals surface area contributed by atoms with Gasteiger partial charge in [0.25, 0.3) is 0 Å². The average Bonchev–Trinajstić information content (AvgIpc) is 3.42.